The van der Waals surface area contributed by atoms with Crippen molar-refractivity contribution in [1.29, 1.82) is 0 Å². The largest absolute Gasteiger partial charge is 0.344 e. The molecule has 0 radical (unpaired) electrons. The molecular formula is C11H10N2O. The molecule has 0 aliphatic rings. The molecule has 1 N–H and O–H groups in total. The Labute approximate surface area is 81.5 Å². The van der Waals surface area contributed by atoms with E-state index in [1.807, 2.05) is 25.1 Å². The zero-order chi connectivity index (χ0) is 9.97. The molecule has 0 amide bonds. The van der Waals surface area contributed by atoms with Crippen LogP contribution in [0.15, 0.2) is 41.5 Å². The highest BCUT2D eigenvalue weighted by Crippen LogP contribution is 2.17. The number of rotatable bonds is 1. The molecule has 0 aliphatic heterocycles. The molecular weight excluding hydrogens is 176 g/mol. The summed E-state index contributed by atoms with van der Waals surface area (Å²) in [4.78, 5) is 17.0. The summed E-state index contributed by atoms with van der Waals surface area (Å²) in [6, 6.07) is 8.05. The molecule has 2 rings (SSSR count). The number of nitrogens with zero attached hydrogens (tertiary/aromatic N) is 1. The van der Waals surface area contributed by atoms with Crippen molar-refractivity contribution in [2.24, 2.45) is 0 Å². The molecule has 0 bridgehead atoms. The summed E-state index contributed by atoms with van der Waals surface area (Å²) in [5.41, 5.74) is 2.86. The van der Waals surface area contributed by atoms with Gasteiger partial charge in [-0.1, -0.05) is 29.8 Å². The monoisotopic (exact) mass is 186 g/mol. The minimum atomic E-state index is -0.318. The van der Waals surface area contributed by atoms with Gasteiger partial charge in [0.25, 0.3) is 0 Å². The van der Waals surface area contributed by atoms with Gasteiger partial charge in [0.1, 0.15) is 0 Å². The average Bonchev–Trinajstić information content (AvgIpc) is 2.19. The van der Waals surface area contributed by atoms with Crippen molar-refractivity contribution in [2.45, 2.75) is 6.92 Å². The van der Waals surface area contributed by atoms with Crippen molar-refractivity contribution in [1.82, 2.24) is 9.97 Å². The third kappa shape index (κ3) is 1.71. The molecule has 0 saturated heterocycles. The van der Waals surface area contributed by atoms with E-state index in [1.165, 1.54) is 5.56 Å². The maximum absolute atomic E-state index is 10.8. The fraction of sp³-hybridized carbons (Fsp3) is 0.0909. The number of aromatic nitrogens is 2. The predicted molar refractivity (Wildman–Crippen MR) is 55.0 cm³/mol. The van der Waals surface area contributed by atoms with Gasteiger partial charge < -0.3 is 4.98 Å². The lowest BCUT2D eigenvalue weighted by Gasteiger charge is -2.00. The summed E-state index contributed by atoms with van der Waals surface area (Å²) in [5.74, 6) is 0. The van der Waals surface area contributed by atoms with E-state index >= 15 is 0 Å². The fourth-order valence-electron chi connectivity index (χ4n) is 1.32. The van der Waals surface area contributed by atoms with Crippen molar-refractivity contribution >= 4 is 0 Å². The highest BCUT2D eigenvalue weighted by molar-refractivity contribution is 5.61. The van der Waals surface area contributed by atoms with Crippen LogP contribution in [0.1, 0.15) is 5.56 Å². The molecule has 3 heteroatoms. The molecule has 0 saturated carbocycles. The van der Waals surface area contributed by atoms with Crippen molar-refractivity contribution in [3.63, 3.8) is 0 Å². The molecule has 0 atom stereocenters. The molecule has 0 spiro atoms. The number of benzene rings is 1. The van der Waals surface area contributed by atoms with Gasteiger partial charge in [0.15, 0.2) is 0 Å². The van der Waals surface area contributed by atoms with Crippen LogP contribution in [0, 0.1) is 6.92 Å². The molecule has 14 heavy (non-hydrogen) atoms. The highest BCUT2D eigenvalue weighted by atomic mass is 16.1. The second-order valence-corrected chi connectivity index (χ2v) is 3.18. The third-order valence-electron chi connectivity index (χ3n) is 2.02. The van der Waals surface area contributed by atoms with Crippen molar-refractivity contribution < 1.29 is 0 Å². The molecule has 2 aromatic rings. The summed E-state index contributed by atoms with van der Waals surface area (Å²) in [6.45, 7) is 2.03. The van der Waals surface area contributed by atoms with E-state index in [4.69, 9.17) is 0 Å². The van der Waals surface area contributed by atoms with Crippen LogP contribution in [0.2, 0.25) is 0 Å². The predicted octanol–water partition coefficient (Wildman–Crippen LogP) is 1.75. The normalized spacial score (nSPS) is 10.1. The molecule has 1 heterocycles. The van der Waals surface area contributed by atoms with Crippen LogP contribution >= 0.6 is 0 Å². The second kappa shape index (κ2) is 3.46. The van der Waals surface area contributed by atoms with Crippen LogP contribution in [-0.2, 0) is 0 Å². The van der Waals surface area contributed by atoms with Gasteiger partial charge in [-0.2, -0.15) is 0 Å². The van der Waals surface area contributed by atoms with Crippen LogP contribution < -0.4 is 5.69 Å². The zero-order valence-electron chi connectivity index (χ0n) is 7.82. The third-order valence-corrected chi connectivity index (χ3v) is 2.02. The lowest BCUT2D eigenvalue weighted by molar-refractivity contribution is 1.08. The molecule has 70 valence electrons. The average molecular weight is 186 g/mol. The summed E-state index contributed by atoms with van der Waals surface area (Å²) >= 11 is 0. The number of nitrogens with one attached hydrogen (secondary N) is 1. The summed E-state index contributed by atoms with van der Waals surface area (Å²) in [7, 11) is 0. The Balaban J connectivity index is 2.49. The van der Waals surface area contributed by atoms with E-state index in [9.17, 15) is 4.79 Å². The molecule has 1 aromatic heterocycles. The van der Waals surface area contributed by atoms with Crippen LogP contribution in [0.3, 0.4) is 0 Å². The summed E-state index contributed by atoms with van der Waals surface area (Å²) < 4.78 is 0. The molecule has 1 aromatic carbocycles. The second-order valence-electron chi connectivity index (χ2n) is 3.18. The lowest BCUT2D eigenvalue weighted by Crippen LogP contribution is -2.07. The van der Waals surface area contributed by atoms with Crippen molar-refractivity contribution in [3.8, 4) is 11.1 Å². The van der Waals surface area contributed by atoms with Crippen molar-refractivity contribution in [3.05, 3.63) is 52.7 Å². The maximum atomic E-state index is 10.8. The number of H-pyrrole nitrogens is 1. The van der Waals surface area contributed by atoms with Crippen molar-refractivity contribution in [2.75, 3.05) is 0 Å². The van der Waals surface area contributed by atoms with Gasteiger partial charge >= 0.3 is 5.69 Å². The quantitative estimate of drug-likeness (QED) is 0.737. The van der Waals surface area contributed by atoms with E-state index in [-0.39, 0.29) is 5.69 Å². The van der Waals surface area contributed by atoms with Gasteiger partial charge in [-0.3, -0.25) is 0 Å². The number of hydrogen-bond acceptors (Lipinski definition) is 2. The zero-order valence-corrected chi connectivity index (χ0v) is 7.82. The van der Waals surface area contributed by atoms with Crippen LogP contribution in [-0.4, -0.2) is 9.97 Å². The summed E-state index contributed by atoms with van der Waals surface area (Å²) in [6.07, 6.45) is 3.25. The topological polar surface area (TPSA) is 45.8 Å². The first kappa shape index (κ1) is 8.69. The van der Waals surface area contributed by atoms with E-state index in [1.54, 1.807) is 12.4 Å². The molecule has 0 fully saturated rings. The van der Waals surface area contributed by atoms with Gasteiger partial charge in [-0.05, 0) is 12.5 Å². The van der Waals surface area contributed by atoms with Gasteiger partial charge in [0, 0.05) is 18.0 Å². The highest BCUT2D eigenvalue weighted by Gasteiger charge is 1.97. The Kier molecular flexibility index (Phi) is 2.14. The Morgan fingerprint density at radius 2 is 2.14 bits per heavy atom. The van der Waals surface area contributed by atoms with Gasteiger partial charge in [0.05, 0.1) is 0 Å². The standard InChI is InChI=1S/C11H10N2O/c1-8-3-2-4-9(5-8)10-6-12-11(14)13-7-10/h2-7H,1H3,(H,12,13,14). The van der Waals surface area contributed by atoms with Gasteiger partial charge in [-0.15, -0.1) is 0 Å². The number of aromatic amines is 1. The molecule has 0 aliphatic carbocycles. The first-order chi connectivity index (χ1) is 6.75. The van der Waals surface area contributed by atoms with Gasteiger partial charge in [0.2, 0.25) is 0 Å². The summed E-state index contributed by atoms with van der Waals surface area (Å²) in [5, 5.41) is 0. The van der Waals surface area contributed by atoms with E-state index in [0.29, 0.717) is 0 Å². The first-order valence-electron chi connectivity index (χ1n) is 4.37. The minimum Gasteiger partial charge on any atom is -0.312 e. The SMILES string of the molecule is Cc1cccc(-c2cnc(=O)[nH]c2)c1. The Morgan fingerprint density at radius 3 is 2.79 bits per heavy atom. The van der Waals surface area contributed by atoms with Crippen LogP contribution in [0.25, 0.3) is 11.1 Å². The molecule has 3 nitrogen and oxygen atoms in total. The number of aryl methyl sites for hydroxylation is 1. The van der Waals surface area contributed by atoms with Crippen LogP contribution in [0.4, 0.5) is 0 Å². The van der Waals surface area contributed by atoms with E-state index < -0.39 is 0 Å². The maximum Gasteiger partial charge on any atom is 0.344 e. The Morgan fingerprint density at radius 1 is 1.29 bits per heavy atom. The Hall–Kier alpha value is -1.90. The molecule has 0 unspecified atom stereocenters. The van der Waals surface area contributed by atoms with E-state index in [0.717, 1.165) is 11.1 Å². The first-order valence-corrected chi connectivity index (χ1v) is 4.37. The lowest BCUT2D eigenvalue weighted by atomic mass is 10.1. The van der Waals surface area contributed by atoms with Gasteiger partial charge in [-0.25, -0.2) is 9.78 Å². The Bertz CT molecular complexity index is 482. The fourth-order valence-corrected chi connectivity index (χ4v) is 1.32. The smallest absolute Gasteiger partial charge is 0.312 e. The number of hydrogen-bond donors (Lipinski definition) is 1. The minimum absolute atomic E-state index is 0.318. The van der Waals surface area contributed by atoms with E-state index in [2.05, 4.69) is 16.0 Å². The van der Waals surface area contributed by atoms with Crippen LogP contribution in [0.5, 0.6) is 0 Å².